The second-order valence-corrected chi connectivity index (χ2v) is 6.53. The van der Waals surface area contributed by atoms with Crippen molar-refractivity contribution in [1.29, 1.82) is 0 Å². The lowest BCUT2D eigenvalue weighted by Gasteiger charge is -2.21. The molecule has 0 spiro atoms. The van der Waals surface area contributed by atoms with Crippen molar-refractivity contribution in [3.63, 3.8) is 0 Å². The van der Waals surface area contributed by atoms with Crippen LogP contribution in [0, 0.1) is 0 Å². The number of urea groups is 1. The lowest BCUT2D eigenvalue weighted by Crippen LogP contribution is -2.43. The number of rotatable bonds is 6. The van der Waals surface area contributed by atoms with Gasteiger partial charge in [-0.15, -0.1) is 0 Å². The fourth-order valence-corrected chi connectivity index (χ4v) is 3.16. The average Bonchev–Trinajstić information content (AvgIpc) is 3.13. The Kier molecular flexibility index (Phi) is 6.26. The maximum absolute atomic E-state index is 12.7. The van der Waals surface area contributed by atoms with Crippen LogP contribution in [-0.4, -0.2) is 30.9 Å². The molecule has 0 saturated carbocycles. The van der Waals surface area contributed by atoms with E-state index in [1.807, 2.05) is 54.6 Å². The van der Waals surface area contributed by atoms with Crippen LogP contribution in [0.4, 0.5) is 16.2 Å². The summed E-state index contributed by atoms with van der Waals surface area (Å²) in [5.74, 6) is -0.319. The monoisotopic (exact) mass is 380 g/mol. The molecule has 28 heavy (non-hydrogen) atoms. The van der Waals surface area contributed by atoms with Gasteiger partial charge in [-0.2, -0.15) is 0 Å². The van der Waals surface area contributed by atoms with Crippen LogP contribution < -0.4 is 20.9 Å². The molecule has 0 bridgehead atoms. The highest BCUT2D eigenvalue weighted by molar-refractivity contribution is 5.99. The SMILES string of the molecule is CCNC(=O)NC(=O)[C@H](Nc1ccc(N2CCCC2=O)cc1)c1ccccc1. The molecule has 7 nitrogen and oxygen atoms in total. The van der Waals surface area contributed by atoms with E-state index in [2.05, 4.69) is 16.0 Å². The van der Waals surface area contributed by atoms with Gasteiger partial charge in [0.1, 0.15) is 6.04 Å². The number of benzene rings is 2. The molecule has 1 saturated heterocycles. The van der Waals surface area contributed by atoms with E-state index in [1.165, 1.54) is 0 Å². The summed E-state index contributed by atoms with van der Waals surface area (Å²) in [6.07, 6.45) is 1.45. The third-order valence-corrected chi connectivity index (χ3v) is 4.53. The van der Waals surface area contributed by atoms with Crippen LogP contribution in [0.3, 0.4) is 0 Å². The zero-order chi connectivity index (χ0) is 19.9. The molecule has 0 aromatic heterocycles. The Labute approximate surface area is 164 Å². The van der Waals surface area contributed by atoms with Gasteiger partial charge >= 0.3 is 6.03 Å². The van der Waals surface area contributed by atoms with E-state index in [1.54, 1.807) is 11.8 Å². The Bertz CT molecular complexity index is 836. The molecule has 1 fully saturated rings. The smallest absolute Gasteiger partial charge is 0.321 e. The van der Waals surface area contributed by atoms with E-state index in [4.69, 9.17) is 0 Å². The number of nitrogens with zero attached hydrogens (tertiary/aromatic N) is 1. The normalized spacial score (nSPS) is 14.5. The Morgan fingerprint density at radius 2 is 1.79 bits per heavy atom. The number of nitrogens with one attached hydrogen (secondary N) is 3. The van der Waals surface area contributed by atoms with Crippen LogP contribution in [0.15, 0.2) is 54.6 Å². The van der Waals surface area contributed by atoms with Crippen molar-refractivity contribution in [3.05, 3.63) is 60.2 Å². The third-order valence-electron chi connectivity index (χ3n) is 4.53. The molecule has 0 radical (unpaired) electrons. The molecule has 1 aliphatic rings. The molecule has 2 aromatic carbocycles. The quantitative estimate of drug-likeness (QED) is 0.719. The van der Waals surface area contributed by atoms with E-state index in [-0.39, 0.29) is 5.91 Å². The second-order valence-electron chi connectivity index (χ2n) is 6.53. The molecule has 1 heterocycles. The van der Waals surface area contributed by atoms with Crippen molar-refractivity contribution in [2.45, 2.75) is 25.8 Å². The van der Waals surface area contributed by atoms with Crippen molar-refractivity contribution >= 4 is 29.2 Å². The Morgan fingerprint density at radius 3 is 2.39 bits per heavy atom. The third kappa shape index (κ3) is 4.68. The first-order chi connectivity index (χ1) is 13.6. The zero-order valence-electron chi connectivity index (χ0n) is 15.8. The maximum atomic E-state index is 12.7. The maximum Gasteiger partial charge on any atom is 0.321 e. The fraction of sp³-hybridized carbons (Fsp3) is 0.286. The van der Waals surface area contributed by atoms with Crippen molar-refractivity contribution in [2.24, 2.45) is 0 Å². The predicted molar refractivity (Wildman–Crippen MR) is 108 cm³/mol. The van der Waals surface area contributed by atoms with Gasteiger partial charge in [0.05, 0.1) is 0 Å². The van der Waals surface area contributed by atoms with Gasteiger partial charge in [-0.05, 0) is 43.2 Å². The Morgan fingerprint density at radius 1 is 1.07 bits per heavy atom. The summed E-state index contributed by atoms with van der Waals surface area (Å²) in [7, 11) is 0. The Balaban J connectivity index is 1.76. The summed E-state index contributed by atoms with van der Waals surface area (Å²) in [4.78, 5) is 38.1. The molecule has 4 amide bonds. The summed E-state index contributed by atoms with van der Waals surface area (Å²) in [6.45, 7) is 2.94. The molecule has 3 N–H and O–H groups in total. The van der Waals surface area contributed by atoms with E-state index in [0.29, 0.717) is 13.0 Å². The van der Waals surface area contributed by atoms with Crippen molar-refractivity contribution in [1.82, 2.24) is 10.6 Å². The van der Waals surface area contributed by atoms with E-state index < -0.39 is 18.0 Å². The molecular formula is C21H24N4O3. The highest BCUT2D eigenvalue weighted by Crippen LogP contribution is 2.25. The second kappa shape index (κ2) is 9.03. The van der Waals surface area contributed by atoms with Gasteiger partial charge in [-0.3, -0.25) is 14.9 Å². The first-order valence-electron chi connectivity index (χ1n) is 9.39. The fourth-order valence-electron chi connectivity index (χ4n) is 3.16. The summed E-state index contributed by atoms with van der Waals surface area (Å²) < 4.78 is 0. The van der Waals surface area contributed by atoms with Crippen LogP contribution in [0.25, 0.3) is 0 Å². The molecule has 7 heteroatoms. The standard InChI is InChI=1S/C21H24N4O3/c1-2-22-21(28)24-20(27)19(15-7-4-3-5-8-15)23-16-10-12-17(13-11-16)25-14-6-9-18(25)26/h3-5,7-8,10-13,19,23H,2,6,9,14H2,1H3,(H2,22,24,27,28)/t19-/m1/s1. The molecule has 1 atom stereocenters. The van der Waals surface area contributed by atoms with Gasteiger partial charge in [0.15, 0.2) is 0 Å². The molecule has 1 aliphatic heterocycles. The van der Waals surface area contributed by atoms with Crippen LogP contribution >= 0.6 is 0 Å². The van der Waals surface area contributed by atoms with E-state index in [0.717, 1.165) is 29.9 Å². The topological polar surface area (TPSA) is 90.5 Å². The number of carbonyl (C=O) groups excluding carboxylic acids is 3. The summed E-state index contributed by atoms with van der Waals surface area (Å²) >= 11 is 0. The van der Waals surface area contributed by atoms with Crippen LogP contribution in [0.5, 0.6) is 0 Å². The average molecular weight is 380 g/mol. The molecular weight excluding hydrogens is 356 g/mol. The molecule has 0 aliphatic carbocycles. The van der Waals surface area contributed by atoms with Gasteiger partial charge in [-0.25, -0.2) is 4.79 Å². The highest BCUT2D eigenvalue weighted by atomic mass is 16.2. The van der Waals surface area contributed by atoms with Crippen LogP contribution in [-0.2, 0) is 9.59 Å². The Hall–Kier alpha value is -3.35. The van der Waals surface area contributed by atoms with Gasteiger partial charge in [-0.1, -0.05) is 30.3 Å². The van der Waals surface area contributed by atoms with Gasteiger partial charge in [0.25, 0.3) is 5.91 Å². The van der Waals surface area contributed by atoms with Crippen molar-refractivity contribution in [2.75, 3.05) is 23.3 Å². The van der Waals surface area contributed by atoms with E-state index in [9.17, 15) is 14.4 Å². The molecule has 146 valence electrons. The lowest BCUT2D eigenvalue weighted by molar-refractivity contribution is -0.121. The van der Waals surface area contributed by atoms with Crippen molar-refractivity contribution < 1.29 is 14.4 Å². The first kappa shape index (κ1) is 19.4. The first-order valence-corrected chi connectivity index (χ1v) is 9.39. The molecule has 2 aromatic rings. The lowest BCUT2D eigenvalue weighted by atomic mass is 10.1. The number of carbonyl (C=O) groups is 3. The number of imide groups is 1. The largest absolute Gasteiger partial charge is 0.370 e. The highest BCUT2D eigenvalue weighted by Gasteiger charge is 2.24. The summed E-state index contributed by atoms with van der Waals surface area (Å²) in [6, 6.07) is 15.3. The number of amides is 4. The number of hydrogen-bond acceptors (Lipinski definition) is 4. The number of anilines is 2. The minimum Gasteiger partial charge on any atom is -0.370 e. The summed E-state index contributed by atoms with van der Waals surface area (Å²) in [5.41, 5.74) is 2.30. The zero-order valence-corrected chi connectivity index (χ0v) is 15.8. The molecule has 0 unspecified atom stereocenters. The summed E-state index contributed by atoms with van der Waals surface area (Å²) in [5, 5.41) is 8.09. The van der Waals surface area contributed by atoms with Crippen molar-refractivity contribution in [3.8, 4) is 0 Å². The minimum absolute atomic E-state index is 0.129. The van der Waals surface area contributed by atoms with Gasteiger partial charge < -0.3 is 15.5 Å². The predicted octanol–water partition coefficient (Wildman–Crippen LogP) is 2.81. The van der Waals surface area contributed by atoms with Gasteiger partial charge in [0, 0.05) is 30.9 Å². The number of hydrogen-bond donors (Lipinski definition) is 3. The van der Waals surface area contributed by atoms with Crippen LogP contribution in [0.2, 0.25) is 0 Å². The molecule has 3 rings (SSSR count). The van der Waals surface area contributed by atoms with Gasteiger partial charge in [0.2, 0.25) is 5.91 Å². The minimum atomic E-state index is -0.733. The van der Waals surface area contributed by atoms with Crippen LogP contribution in [0.1, 0.15) is 31.4 Å². The van der Waals surface area contributed by atoms with E-state index >= 15 is 0 Å².